The second-order valence-corrected chi connectivity index (χ2v) is 8.14. The minimum atomic E-state index is 0.186. The third kappa shape index (κ3) is 3.36. The maximum atomic E-state index is 12.9. The Hall–Kier alpha value is -2.27. The number of benzene rings is 1. The molecule has 2 aromatic rings. The highest BCUT2D eigenvalue weighted by Crippen LogP contribution is 2.48. The molecule has 27 heavy (non-hydrogen) atoms. The summed E-state index contributed by atoms with van der Waals surface area (Å²) < 4.78 is 0. The van der Waals surface area contributed by atoms with Gasteiger partial charge in [-0.15, -0.1) is 0 Å². The summed E-state index contributed by atoms with van der Waals surface area (Å²) in [6.45, 7) is 3.93. The maximum absolute atomic E-state index is 12.9. The van der Waals surface area contributed by atoms with Crippen molar-refractivity contribution in [3.8, 4) is 11.1 Å². The first-order valence-electron chi connectivity index (χ1n) is 10.2. The van der Waals surface area contributed by atoms with Crippen molar-refractivity contribution in [2.45, 2.75) is 37.6 Å². The van der Waals surface area contributed by atoms with Crippen molar-refractivity contribution in [2.24, 2.45) is 5.92 Å². The van der Waals surface area contributed by atoms with Crippen LogP contribution in [0.15, 0.2) is 43.0 Å². The lowest BCUT2D eigenvalue weighted by Gasteiger charge is -2.43. The summed E-state index contributed by atoms with van der Waals surface area (Å²) in [6, 6.07) is 9.35. The minimum absolute atomic E-state index is 0.186. The Bertz CT molecular complexity index is 795. The average molecular weight is 362 g/mol. The van der Waals surface area contributed by atoms with Crippen molar-refractivity contribution >= 4 is 5.91 Å². The van der Waals surface area contributed by atoms with E-state index in [1.54, 1.807) is 6.33 Å². The molecule has 0 radical (unpaired) electrons. The van der Waals surface area contributed by atoms with Gasteiger partial charge >= 0.3 is 0 Å². The molecule has 2 heterocycles. The molecule has 1 amide bonds. The van der Waals surface area contributed by atoms with Crippen LogP contribution in [0.4, 0.5) is 0 Å². The Morgan fingerprint density at radius 2 is 1.63 bits per heavy atom. The lowest BCUT2D eigenvalue weighted by atomic mass is 9.91. The number of aromatic nitrogens is 2. The maximum Gasteiger partial charge on any atom is 0.226 e. The van der Waals surface area contributed by atoms with Gasteiger partial charge in [-0.3, -0.25) is 9.69 Å². The summed E-state index contributed by atoms with van der Waals surface area (Å²) in [5, 5.41) is 0. The number of piperazine rings is 1. The van der Waals surface area contributed by atoms with E-state index < -0.39 is 0 Å². The number of hydrogen-bond donors (Lipinski definition) is 0. The summed E-state index contributed by atoms with van der Waals surface area (Å²) in [4.78, 5) is 25.7. The second-order valence-electron chi connectivity index (χ2n) is 8.14. The first kappa shape index (κ1) is 16.9. The summed E-state index contributed by atoms with van der Waals surface area (Å²) in [6.07, 6.45) is 10.3. The van der Waals surface area contributed by atoms with E-state index in [-0.39, 0.29) is 5.92 Å². The molecule has 0 bridgehead atoms. The molecule has 2 saturated carbocycles. The molecule has 5 heteroatoms. The Labute approximate surface area is 160 Å². The molecule has 0 unspecified atom stereocenters. The van der Waals surface area contributed by atoms with Crippen LogP contribution in [0.25, 0.3) is 11.1 Å². The quantitative estimate of drug-likeness (QED) is 0.839. The largest absolute Gasteiger partial charge is 0.340 e. The molecule has 1 aliphatic heterocycles. The Morgan fingerprint density at radius 3 is 2.26 bits per heavy atom. The van der Waals surface area contributed by atoms with Gasteiger partial charge in [-0.2, -0.15) is 0 Å². The van der Waals surface area contributed by atoms with Crippen LogP contribution in [-0.4, -0.2) is 57.9 Å². The zero-order chi connectivity index (χ0) is 18.2. The Kier molecular flexibility index (Phi) is 4.40. The van der Waals surface area contributed by atoms with E-state index in [1.165, 1.54) is 24.8 Å². The molecule has 5 nitrogen and oxygen atoms in total. The minimum Gasteiger partial charge on any atom is -0.340 e. The number of carbonyl (C=O) groups is 1. The van der Waals surface area contributed by atoms with Gasteiger partial charge in [0.2, 0.25) is 5.91 Å². The number of amides is 1. The van der Waals surface area contributed by atoms with Crippen molar-refractivity contribution in [1.82, 2.24) is 19.8 Å². The van der Waals surface area contributed by atoms with E-state index in [4.69, 9.17) is 0 Å². The average Bonchev–Trinajstić information content (AvgIpc) is 3.48. The summed E-state index contributed by atoms with van der Waals surface area (Å²) in [5.41, 5.74) is 3.42. The van der Waals surface area contributed by atoms with E-state index in [9.17, 15) is 4.79 Å². The van der Waals surface area contributed by atoms with Crippen LogP contribution in [0.3, 0.4) is 0 Å². The highest BCUT2D eigenvalue weighted by atomic mass is 16.2. The molecule has 2 atom stereocenters. The molecular formula is C22H26N4O. The number of hydrogen-bond acceptors (Lipinski definition) is 4. The van der Waals surface area contributed by atoms with Crippen molar-refractivity contribution < 1.29 is 4.79 Å². The van der Waals surface area contributed by atoms with Gasteiger partial charge in [0.05, 0.1) is 0 Å². The Balaban J connectivity index is 1.17. The van der Waals surface area contributed by atoms with Gasteiger partial charge in [0.25, 0.3) is 0 Å². The monoisotopic (exact) mass is 362 g/mol. The molecule has 0 spiro atoms. The molecular weight excluding hydrogens is 336 g/mol. The topological polar surface area (TPSA) is 49.3 Å². The molecule has 5 rings (SSSR count). The predicted octanol–water partition coefficient (Wildman–Crippen LogP) is 2.94. The number of carbonyl (C=O) groups excluding carboxylic acids is 1. The van der Waals surface area contributed by atoms with Gasteiger partial charge < -0.3 is 4.90 Å². The van der Waals surface area contributed by atoms with E-state index in [2.05, 4.69) is 44.0 Å². The van der Waals surface area contributed by atoms with Crippen LogP contribution >= 0.6 is 0 Å². The molecule has 140 valence electrons. The summed E-state index contributed by atoms with van der Waals surface area (Å²) in [5.74, 6) is 0.947. The molecule has 3 fully saturated rings. The fraction of sp³-hybridized carbons (Fsp3) is 0.500. The molecule has 1 saturated heterocycles. The molecule has 0 N–H and O–H groups in total. The molecule has 1 aromatic carbocycles. The SMILES string of the molecule is O=C([C@H]1C[C@@H]1c1ccc(-c2cncnc2)cc1)N1CCN(C2CCC2)CC1. The lowest BCUT2D eigenvalue weighted by Crippen LogP contribution is -2.53. The van der Waals surface area contributed by atoms with Crippen LogP contribution in [0, 0.1) is 5.92 Å². The van der Waals surface area contributed by atoms with Crippen molar-refractivity contribution in [1.29, 1.82) is 0 Å². The van der Waals surface area contributed by atoms with Crippen LogP contribution in [0.2, 0.25) is 0 Å². The van der Waals surface area contributed by atoms with Gasteiger partial charge in [0, 0.05) is 56.1 Å². The fourth-order valence-electron chi connectivity index (χ4n) is 4.50. The zero-order valence-corrected chi connectivity index (χ0v) is 15.6. The van der Waals surface area contributed by atoms with E-state index >= 15 is 0 Å². The Morgan fingerprint density at radius 1 is 0.926 bits per heavy atom. The highest BCUT2D eigenvalue weighted by Gasteiger charge is 2.46. The number of rotatable bonds is 4. The normalized spacial score (nSPS) is 25.9. The van der Waals surface area contributed by atoms with Crippen LogP contribution in [0.5, 0.6) is 0 Å². The molecule has 3 aliphatic rings. The van der Waals surface area contributed by atoms with E-state index in [0.717, 1.165) is 49.8 Å². The fourth-order valence-corrected chi connectivity index (χ4v) is 4.50. The van der Waals surface area contributed by atoms with Crippen LogP contribution < -0.4 is 0 Å². The lowest BCUT2D eigenvalue weighted by molar-refractivity contribution is -0.135. The van der Waals surface area contributed by atoms with Crippen molar-refractivity contribution in [3.63, 3.8) is 0 Å². The van der Waals surface area contributed by atoms with Gasteiger partial charge in [-0.05, 0) is 36.3 Å². The van der Waals surface area contributed by atoms with E-state index in [0.29, 0.717) is 11.8 Å². The van der Waals surface area contributed by atoms with E-state index in [1.807, 2.05) is 12.4 Å². The smallest absolute Gasteiger partial charge is 0.226 e. The third-order valence-electron chi connectivity index (χ3n) is 6.56. The molecule has 1 aromatic heterocycles. The van der Waals surface area contributed by atoms with Crippen molar-refractivity contribution in [3.05, 3.63) is 48.5 Å². The first-order valence-corrected chi connectivity index (χ1v) is 10.2. The van der Waals surface area contributed by atoms with Gasteiger partial charge in [0.15, 0.2) is 0 Å². The van der Waals surface area contributed by atoms with Gasteiger partial charge in [-0.25, -0.2) is 9.97 Å². The number of nitrogens with zero attached hydrogens (tertiary/aromatic N) is 4. The second kappa shape index (κ2) is 7.04. The predicted molar refractivity (Wildman–Crippen MR) is 104 cm³/mol. The molecule has 2 aliphatic carbocycles. The highest BCUT2D eigenvalue weighted by molar-refractivity contribution is 5.83. The van der Waals surface area contributed by atoms with Crippen molar-refractivity contribution in [2.75, 3.05) is 26.2 Å². The third-order valence-corrected chi connectivity index (χ3v) is 6.56. The van der Waals surface area contributed by atoms with Crippen LogP contribution in [-0.2, 0) is 4.79 Å². The standard InChI is InChI=1S/C22H26N4O/c27-22(26-10-8-25(9-11-26)19-2-1-3-19)21-12-20(21)17-6-4-16(5-7-17)18-13-23-15-24-14-18/h4-7,13-15,19-21H,1-3,8-12H2/t20-,21+/m1/s1. The first-order chi connectivity index (χ1) is 13.3. The van der Waals surface area contributed by atoms with Gasteiger partial charge in [0.1, 0.15) is 6.33 Å². The zero-order valence-electron chi connectivity index (χ0n) is 15.6. The van der Waals surface area contributed by atoms with Crippen LogP contribution in [0.1, 0.15) is 37.2 Å². The summed E-state index contributed by atoms with van der Waals surface area (Å²) >= 11 is 0. The summed E-state index contributed by atoms with van der Waals surface area (Å²) in [7, 11) is 0. The van der Waals surface area contributed by atoms with Gasteiger partial charge in [-0.1, -0.05) is 30.7 Å².